The third-order valence-electron chi connectivity index (χ3n) is 4.89. The van der Waals surface area contributed by atoms with E-state index < -0.39 is 0 Å². The van der Waals surface area contributed by atoms with Crippen molar-refractivity contribution in [3.63, 3.8) is 0 Å². The second-order valence-electron chi connectivity index (χ2n) is 6.71. The topological polar surface area (TPSA) is 32.8 Å². The largest absolute Gasteiger partial charge is 0.375 e. The Balaban J connectivity index is 1.70. The van der Waals surface area contributed by atoms with E-state index in [2.05, 4.69) is 41.3 Å². The van der Waals surface area contributed by atoms with Crippen LogP contribution in [0.25, 0.3) is 11.1 Å². The number of hydrogen-bond acceptors (Lipinski definition) is 3. The van der Waals surface area contributed by atoms with Gasteiger partial charge in [0.2, 0.25) is 5.91 Å². The average Bonchev–Trinajstić information content (AvgIpc) is 2.65. The average molecular weight is 373 g/mol. The summed E-state index contributed by atoms with van der Waals surface area (Å²) < 4.78 is 4.95. The SMILES string of the molecule is COCC(=O)N1CCN(Cc2ccccc2-c2ccc(C)c(Cl)c2)CC1. The minimum Gasteiger partial charge on any atom is -0.375 e. The van der Waals surface area contributed by atoms with E-state index in [1.54, 1.807) is 7.11 Å². The molecule has 0 aliphatic carbocycles. The Morgan fingerprint density at radius 3 is 2.54 bits per heavy atom. The fraction of sp³-hybridized carbons (Fsp3) is 0.381. The lowest BCUT2D eigenvalue weighted by atomic mass is 9.98. The molecule has 2 aromatic rings. The van der Waals surface area contributed by atoms with Crippen LogP contribution in [0, 0.1) is 6.92 Å². The molecule has 0 spiro atoms. The molecule has 0 aromatic heterocycles. The number of hydrogen-bond donors (Lipinski definition) is 0. The predicted octanol–water partition coefficient (Wildman–Crippen LogP) is 3.61. The minimum atomic E-state index is 0.0712. The monoisotopic (exact) mass is 372 g/mol. The van der Waals surface area contributed by atoms with Crippen LogP contribution in [0.4, 0.5) is 0 Å². The molecule has 0 bridgehead atoms. The second kappa shape index (κ2) is 8.67. The van der Waals surface area contributed by atoms with Gasteiger partial charge in [0.25, 0.3) is 0 Å². The Morgan fingerprint density at radius 1 is 1.12 bits per heavy atom. The Labute approximate surface area is 160 Å². The van der Waals surface area contributed by atoms with Gasteiger partial charge in [0, 0.05) is 44.9 Å². The molecule has 1 fully saturated rings. The summed E-state index contributed by atoms with van der Waals surface area (Å²) in [6.45, 7) is 6.30. The lowest BCUT2D eigenvalue weighted by molar-refractivity contribution is -0.136. The second-order valence-corrected chi connectivity index (χ2v) is 7.12. The molecule has 3 rings (SSSR count). The molecule has 2 aromatic carbocycles. The molecule has 0 N–H and O–H groups in total. The van der Waals surface area contributed by atoms with Gasteiger partial charge >= 0.3 is 0 Å². The van der Waals surface area contributed by atoms with Crippen molar-refractivity contribution in [3.8, 4) is 11.1 Å². The first-order valence-corrected chi connectivity index (χ1v) is 9.30. The molecule has 5 heteroatoms. The Hall–Kier alpha value is -1.88. The highest BCUT2D eigenvalue weighted by Crippen LogP contribution is 2.29. The summed E-state index contributed by atoms with van der Waals surface area (Å²) >= 11 is 6.32. The van der Waals surface area contributed by atoms with Crippen LogP contribution in [0.2, 0.25) is 5.02 Å². The zero-order valence-electron chi connectivity index (χ0n) is 15.4. The van der Waals surface area contributed by atoms with Crippen molar-refractivity contribution in [2.75, 3.05) is 39.9 Å². The predicted molar refractivity (Wildman–Crippen MR) is 105 cm³/mol. The number of aryl methyl sites for hydroxylation is 1. The van der Waals surface area contributed by atoms with Gasteiger partial charge in [-0.3, -0.25) is 9.69 Å². The van der Waals surface area contributed by atoms with E-state index in [4.69, 9.17) is 16.3 Å². The fourth-order valence-corrected chi connectivity index (χ4v) is 3.49. The van der Waals surface area contributed by atoms with Crippen molar-refractivity contribution in [1.29, 1.82) is 0 Å². The first kappa shape index (κ1) is 18.9. The van der Waals surface area contributed by atoms with E-state index >= 15 is 0 Å². The lowest BCUT2D eigenvalue weighted by Crippen LogP contribution is -2.49. The van der Waals surface area contributed by atoms with E-state index in [0.717, 1.165) is 48.9 Å². The summed E-state index contributed by atoms with van der Waals surface area (Å²) in [6, 6.07) is 14.7. The van der Waals surface area contributed by atoms with Crippen LogP contribution in [0.5, 0.6) is 0 Å². The van der Waals surface area contributed by atoms with Crippen molar-refractivity contribution in [2.24, 2.45) is 0 Å². The summed E-state index contributed by atoms with van der Waals surface area (Å²) in [6.07, 6.45) is 0. The van der Waals surface area contributed by atoms with E-state index in [9.17, 15) is 4.79 Å². The Kier molecular flexibility index (Phi) is 6.30. The normalized spacial score (nSPS) is 15.3. The van der Waals surface area contributed by atoms with Crippen LogP contribution in [-0.2, 0) is 16.1 Å². The van der Waals surface area contributed by atoms with Gasteiger partial charge in [0.15, 0.2) is 0 Å². The number of halogens is 1. The van der Waals surface area contributed by atoms with Gasteiger partial charge in [-0.25, -0.2) is 0 Å². The van der Waals surface area contributed by atoms with Crippen LogP contribution in [0.3, 0.4) is 0 Å². The highest BCUT2D eigenvalue weighted by atomic mass is 35.5. The van der Waals surface area contributed by atoms with Gasteiger partial charge in [-0.2, -0.15) is 0 Å². The molecule has 1 aliphatic rings. The summed E-state index contributed by atoms with van der Waals surface area (Å²) in [4.78, 5) is 16.2. The summed E-state index contributed by atoms with van der Waals surface area (Å²) in [5, 5.41) is 0.794. The molecule has 1 saturated heterocycles. The molecule has 1 aliphatic heterocycles. The number of carbonyl (C=O) groups excluding carboxylic acids is 1. The van der Waals surface area contributed by atoms with Crippen molar-refractivity contribution >= 4 is 17.5 Å². The maximum absolute atomic E-state index is 11.9. The molecule has 0 radical (unpaired) electrons. The summed E-state index contributed by atoms with van der Waals surface area (Å²) in [7, 11) is 1.56. The van der Waals surface area contributed by atoms with Crippen LogP contribution in [0.1, 0.15) is 11.1 Å². The Morgan fingerprint density at radius 2 is 1.85 bits per heavy atom. The molecule has 0 atom stereocenters. The van der Waals surface area contributed by atoms with Gasteiger partial charge in [-0.1, -0.05) is 48.0 Å². The maximum atomic E-state index is 11.9. The van der Waals surface area contributed by atoms with Gasteiger partial charge in [0.05, 0.1) is 0 Å². The first-order chi connectivity index (χ1) is 12.6. The third-order valence-corrected chi connectivity index (χ3v) is 5.29. The van der Waals surface area contributed by atoms with Crippen molar-refractivity contribution in [3.05, 3.63) is 58.6 Å². The molecule has 4 nitrogen and oxygen atoms in total. The standard InChI is InChI=1S/C21H25ClN2O2/c1-16-7-8-17(13-20(16)22)19-6-4-3-5-18(19)14-23-9-11-24(12-10-23)21(25)15-26-2/h3-8,13H,9-12,14-15H2,1-2H3. The fourth-order valence-electron chi connectivity index (χ4n) is 3.31. The molecule has 1 heterocycles. The van der Waals surface area contributed by atoms with E-state index in [1.807, 2.05) is 17.9 Å². The quantitative estimate of drug-likeness (QED) is 0.803. The highest BCUT2D eigenvalue weighted by Gasteiger charge is 2.21. The number of carbonyl (C=O) groups is 1. The van der Waals surface area contributed by atoms with Gasteiger partial charge in [-0.05, 0) is 35.2 Å². The minimum absolute atomic E-state index is 0.0712. The molecule has 26 heavy (non-hydrogen) atoms. The number of ether oxygens (including phenoxy) is 1. The van der Waals surface area contributed by atoms with Gasteiger partial charge in [0.1, 0.15) is 6.61 Å². The lowest BCUT2D eigenvalue weighted by Gasteiger charge is -2.35. The van der Waals surface area contributed by atoms with Crippen LogP contribution >= 0.6 is 11.6 Å². The smallest absolute Gasteiger partial charge is 0.248 e. The first-order valence-electron chi connectivity index (χ1n) is 8.92. The van der Waals surface area contributed by atoms with E-state index in [0.29, 0.717) is 0 Å². The Bertz CT molecular complexity index is 770. The molecule has 0 unspecified atom stereocenters. The van der Waals surface area contributed by atoms with E-state index in [-0.39, 0.29) is 12.5 Å². The zero-order chi connectivity index (χ0) is 18.5. The third kappa shape index (κ3) is 4.44. The van der Waals surface area contributed by atoms with Gasteiger partial charge in [-0.15, -0.1) is 0 Å². The molecule has 0 saturated carbocycles. The summed E-state index contributed by atoms with van der Waals surface area (Å²) in [5.74, 6) is 0.0712. The number of piperazine rings is 1. The van der Waals surface area contributed by atoms with Crippen molar-refractivity contribution in [2.45, 2.75) is 13.5 Å². The number of rotatable bonds is 5. The van der Waals surface area contributed by atoms with Crippen molar-refractivity contribution < 1.29 is 9.53 Å². The number of benzene rings is 2. The number of nitrogens with zero attached hydrogens (tertiary/aromatic N) is 2. The molecule has 138 valence electrons. The maximum Gasteiger partial charge on any atom is 0.248 e. The van der Waals surface area contributed by atoms with Crippen LogP contribution < -0.4 is 0 Å². The number of methoxy groups -OCH3 is 1. The zero-order valence-corrected chi connectivity index (χ0v) is 16.1. The summed E-state index contributed by atoms with van der Waals surface area (Å²) in [5.41, 5.74) is 4.73. The van der Waals surface area contributed by atoms with Crippen LogP contribution in [-0.4, -0.2) is 55.6 Å². The highest BCUT2D eigenvalue weighted by molar-refractivity contribution is 6.31. The molecular formula is C21H25ClN2O2. The van der Waals surface area contributed by atoms with Gasteiger partial charge < -0.3 is 9.64 Å². The molecular weight excluding hydrogens is 348 g/mol. The molecule has 1 amide bonds. The van der Waals surface area contributed by atoms with Crippen molar-refractivity contribution in [1.82, 2.24) is 9.80 Å². The number of amides is 1. The van der Waals surface area contributed by atoms with E-state index in [1.165, 1.54) is 11.1 Å². The van der Waals surface area contributed by atoms with Crippen LogP contribution in [0.15, 0.2) is 42.5 Å².